The van der Waals surface area contributed by atoms with E-state index in [1.165, 1.54) is 24.8 Å². The van der Waals surface area contributed by atoms with Crippen LogP contribution in [0.1, 0.15) is 44.1 Å². The van der Waals surface area contributed by atoms with Crippen LogP contribution in [0.5, 0.6) is 0 Å². The minimum Gasteiger partial charge on any atom is -0.427 e. The van der Waals surface area contributed by atoms with Crippen LogP contribution in [0, 0.1) is 5.92 Å². The molecule has 25 heavy (non-hydrogen) atoms. The molecule has 0 aliphatic carbocycles. The molecule has 140 valence electrons. The standard InChI is InChI=1S/C19H32BClN2O2/c21-18-8-6-16(7-9-18)4-3-13-23-14-10-17(11-15-23)19(22)5-1-2-12-20(24)25/h6-9,17,19,24-25H,1-5,10-15,22H2. The summed E-state index contributed by atoms with van der Waals surface area (Å²) in [5.74, 6) is 0.617. The number of hydrogen-bond donors (Lipinski definition) is 3. The van der Waals surface area contributed by atoms with Crippen LogP contribution in [0.3, 0.4) is 0 Å². The predicted octanol–water partition coefficient (Wildman–Crippen LogP) is 2.96. The normalized spacial score (nSPS) is 17.6. The van der Waals surface area contributed by atoms with Crippen LogP contribution in [-0.4, -0.2) is 47.7 Å². The Kier molecular flexibility index (Phi) is 9.28. The highest BCUT2D eigenvalue weighted by molar-refractivity contribution is 6.40. The lowest BCUT2D eigenvalue weighted by molar-refractivity contribution is 0.164. The molecule has 1 fully saturated rings. The highest BCUT2D eigenvalue weighted by atomic mass is 35.5. The summed E-state index contributed by atoms with van der Waals surface area (Å²) in [5.41, 5.74) is 7.70. The van der Waals surface area contributed by atoms with Gasteiger partial charge < -0.3 is 20.7 Å². The van der Waals surface area contributed by atoms with Gasteiger partial charge in [0.2, 0.25) is 0 Å². The molecule has 1 heterocycles. The topological polar surface area (TPSA) is 69.7 Å². The van der Waals surface area contributed by atoms with E-state index in [4.69, 9.17) is 27.4 Å². The van der Waals surface area contributed by atoms with Crippen molar-refractivity contribution in [2.24, 2.45) is 11.7 Å². The van der Waals surface area contributed by atoms with Gasteiger partial charge in [0.05, 0.1) is 0 Å². The van der Waals surface area contributed by atoms with Crippen molar-refractivity contribution in [1.82, 2.24) is 4.90 Å². The van der Waals surface area contributed by atoms with Crippen LogP contribution < -0.4 is 5.73 Å². The van der Waals surface area contributed by atoms with E-state index < -0.39 is 7.12 Å². The van der Waals surface area contributed by atoms with E-state index in [2.05, 4.69) is 17.0 Å². The molecule has 1 aliphatic rings. The van der Waals surface area contributed by atoms with Crippen molar-refractivity contribution < 1.29 is 10.0 Å². The van der Waals surface area contributed by atoms with Crippen molar-refractivity contribution >= 4 is 18.7 Å². The molecule has 0 aromatic heterocycles. The first-order valence-electron chi connectivity index (χ1n) is 9.63. The van der Waals surface area contributed by atoms with Gasteiger partial charge >= 0.3 is 7.12 Å². The molecule has 0 saturated carbocycles. The smallest absolute Gasteiger partial charge is 0.427 e. The lowest BCUT2D eigenvalue weighted by Gasteiger charge is -2.34. The summed E-state index contributed by atoms with van der Waals surface area (Å²) < 4.78 is 0. The number of hydrogen-bond acceptors (Lipinski definition) is 4. The Bertz CT molecular complexity index is 479. The van der Waals surface area contributed by atoms with Crippen LogP contribution in [0.25, 0.3) is 0 Å². The van der Waals surface area contributed by atoms with Gasteiger partial charge in [-0.3, -0.25) is 0 Å². The maximum Gasteiger partial charge on any atom is 0.451 e. The third kappa shape index (κ3) is 8.10. The molecule has 4 nitrogen and oxygen atoms in total. The maximum absolute atomic E-state index is 8.86. The van der Waals surface area contributed by atoms with Gasteiger partial charge in [-0.1, -0.05) is 36.6 Å². The molecule has 0 bridgehead atoms. The molecule has 1 atom stereocenters. The Labute approximate surface area is 157 Å². The fourth-order valence-electron chi connectivity index (χ4n) is 3.71. The van der Waals surface area contributed by atoms with Crippen LogP contribution in [0.15, 0.2) is 24.3 Å². The fraction of sp³-hybridized carbons (Fsp3) is 0.684. The van der Waals surface area contributed by atoms with Gasteiger partial charge in [0, 0.05) is 11.1 Å². The van der Waals surface area contributed by atoms with Crippen LogP contribution >= 0.6 is 11.6 Å². The Hall–Kier alpha value is -0.585. The lowest BCUT2D eigenvalue weighted by atomic mass is 9.82. The third-order valence-corrected chi connectivity index (χ3v) is 5.59. The predicted molar refractivity (Wildman–Crippen MR) is 106 cm³/mol. The summed E-state index contributed by atoms with van der Waals surface area (Å²) in [7, 11) is -1.17. The molecule has 1 saturated heterocycles. The van der Waals surface area contributed by atoms with Crippen molar-refractivity contribution in [3.05, 3.63) is 34.9 Å². The lowest BCUT2D eigenvalue weighted by Crippen LogP contribution is -2.41. The summed E-state index contributed by atoms with van der Waals surface area (Å²) in [6.07, 6.45) is 7.94. The van der Waals surface area contributed by atoms with E-state index in [-0.39, 0.29) is 6.04 Å². The number of likely N-dealkylation sites (tertiary alicyclic amines) is 1. The van der Waals surface area contributed by atoms with Crippen LogP contribution in [0.2, 0.25) is 11.3 Å². The molecule has 2 rings (SSSR count). The first-order chi connectivity index (χ1) is 12.0. The largest absolute Gasteiger partial charge is 0.451 e. The number of nitrogens with two attached hydrogens (primary N) is 1. The van der Waals surface area contributed by atoms with Gasteiger partial charge in [-0.25, -0.2) is 0 Å². The van der Waals surface area contributed by atoms with Crippen molar-refractivity contribution in [3.8, 4) is 0 Å². The molecule has 4 N–H and O–H groups in total. The van der Waals surface area contributed by atoms with Gasteiger partial charge in [-0.15, -0.1) is 0 Å². The second-order valence-electron chi connectivity index (χ2n) is 7.34. The molecule has 1 aliphatic heterocycles. The maximum atomic E-state index is 8.86. The van der Waals surface area contributed by atoms with E-state index in [1.54, 1.807) is 0 Å². The molecule has 0 spiro atoms. The number of unbranched alkanes of at least 4 members (excludes halogenated alkanes) is 1. The number of aryl methyl sites for hydroxylation is 1. The monoisotopic (exact) mass is 366 g/mol. The molecule has 6 heteroatoms. The van der Waals surface area contributed by atoms with E-state index in [0.29, 0.717) is 12.2 Å². The third-order valence-electron chi connectivity index (χ3n) is 5.34. The highest BCUT2D eigenvalue weighted by Gasteiger charge is 2.23. The molecule has 1 aromatic rings. The highest BCUT2D eigenvalue weighted by Crippen LogP contribution is 2.23. The summed E-state index contributed by atoms with van der Waals surface area (Å²) in [6.45, 7) is 3.45. The van der Waals surface area contributed by atoms with Crippen molar-refractivity contribution in [2.45, 2.75) is 57.3 Å². The number of benzene rings is 1. The van der Waals surface area contributed by atoms with E-state index >= 15 is 0 Å². The zero-order valence-electron chi connectivity index (χ0n) is 15.1. The van der Waals surface area contributed by atoms with Gasteiger partial charge in [0.15, 0.2) is 0 Å². The number of rotatable bonds is 10. The molecule has 1 aromatic carbocycles. The van der Waals surface area contributed by atoms with Gasteiger partial charge in [0.25, 0.3) is 0 Å². The Balaban J connectivity index is 1.57. The summed E-state index contributed by atoms with van der Waals surface area (Å²) in [5, 5.41) is 18.5. The number of piperidine rings is 1. The minimum atomic E-state index is -1.17. The first-order valence-corrected chi connectivity index (χ1v) is 10.0. The Morgan fingerprint density at radius 2 is 1.80 bits per heavy atom. The zero-order valence-corrected chi connectivity index (χ0v) is 15.9. The average molecular weight is 367 g/mol. The van der Waals surface area contributed by atoms with Crippen molar-refractivity contribution in [1.29, 1.82) is 0 Å². The second kappa shape index (κ2) is 11.2. The Morgan fingerprint density at radius 3 is 2.44 bits per heavy atom. The van der Waals surface area contributed by atoms with E-state index in [0.717, 1.165) is 50.3 Å². The fourth-order valence-corrected chi connectivity index (χ4v) is 3.83. The summed E-state index contributed by atoms with van der Waals surface area (Å²) >= 11 is 5.92. The van der Waals surface area contributed by atoms with Crippen molar-refractivity contribution in [2.75, 3.05) is 19.6 Å². The second-order valence-corrected chi connectivity index (χ2v) is 7.77. The van der Waals surface area contributed by atoms with Gasteiger partial charge in [0.1, 0.15) is 0 Å². The molecule has 1 unspecified atom stereocenters. The molecular weight excluding hydrogens is 334 g/mol. The summed E-state index contributed by atoms with van der Waals surface area (Å²) in [4.78, 5) is 2.56. The molecule has 0 amide bonds. The van der Waals surface area contributed by atoms with E-state index in [9.17, 15) is 0 Å². The molecular formula is C19H32BClN2O2. The quantitative estimate of drug-likeness (QED) is 0.440. The molecule has 0 radical (unpaired) electrons. The SMILES string of the molecule is NC(CCCCB(O)O)C1CCN(CCCc2ccc(Cl)cc2)CC1. The zero-order chi connectivity index (χ0) is 18.1. The van der Waals surface area contributed by atoms with Crippen LogP contribution in [0.4, 0.5) is 0 Å². The van der Waals surface area contributed by atoms with Crippen molar-refractivity contribution in [3.63, 3.8) is 0 Å². The number of halogens is 1. The van der Waals surface area contributed by atoms with Crippen LogP contribution in [-0.2, 0) is 6.42 Å². The number of nitrogens with zero attached hydrogens (tertiary/aromatic N) is 1. The first kappa shape index (κ1) is 20.7. The average Bonchev–Trinajstić information content (AvgIpc) is 2.61. The Morgan fingerprint density at radius 1 is 1.12 bits per heavy atom. The minimum absolute atomic E-state index is 0.257. The summed E-state index contributed by atoms with van der Waals surface area (Å²) in [6, 6.07) is 8.41. The van der Waals surface area contributed by atoms with E-state index in [1.807, 2.05) is 12.1 Å². The van der Waals surface area contributed by atoms with Gasteiger partial charge in [-0.05, 0) is 81.7 Å². The van der Waals surface area contributed by atoms with Gasteiger partial charge in [-0.2, -0.15) is 0 Å².